The maximum atomic E-state index is 2.43. The van der Waals surface area contributed by atoms with Crippen LogP contribution in [0.25, 0.3) is 0 Å². The van der Waals surface area contributed by atoms with Gasteiger partial charge in [-0.25, -0.2) is 0 Å². The summed E-state index contributed by atoms with van der Waals surface area (Å²) in [6, 6.07) is 0. The molecule has 0 heterocycles. The van der Waals surface area contributed by atoms with E-state index < -0.39 is 0 Å². The average molecular weight is 140 g/mol. The molecule has 0 spiro atoms. The largest absolute Gasteiger partial charge is 0.0648 e. The zero-order valence-electron chi connectivity index (χ0n) is 7.61. The number of hydrogen-bond donors (Lipinski definition) is 0. The normalized spacial score (nSPS) is 30.9. The second kappa shape index (κ2) is 2.94. The molecule has 0 unspecified atom stereocenters. The van der Waals surface area contributed by atoms with E-state index >= 15 is 0 Å². The van der Waals surface area contributed by atoms with Gasteiger partial charge >= 0.3 is 0 Å². The molecule has 1 aliphatic carbocycles. The van der Waals surface area contributed by atoms with Crippen molar-refractivity contribution < 1.29 is 0 Å². The molecule has 0 radical (unpaired) electrons. The maximum Gasteiger partial charge on any atom is -0.0277 e. The van der Waals surface area contributed by atoms with Crippen LogP contribution in [0, 0.1) is 11.3 Å². The Labute approximate surface area is 65.0 Å². The lowest BCUT2D eigenvalue weighted by Crippen LogP contribution is -2.21. The van der Waals surface area contributed by atoms with Gasteiger partial charge in [0.25, 0.3) is 0 Å². The maximum absolute atomic E-state index is 2.43. The van der Waals surface area contributed by atoms with E-state index in [0.29, 0.717) is 0 Å². The van der Waals surface area contributed by atoms with Gasteiger partial charge in [-0.1, -0.05) is 46.5 Å². The fraction of sp³-hybridized carbons (Fsp3) is 1.00. The van der Waals surface area contributed by atoms with E-state index in [1.54, 1.807) is 0 Å². The van der Waals surface area contributed by atoms with Gasteiger partial charge in [-0.15, -0.1) is 0 Å². The predicted octanol–water partition coefficient (Wildman–Crippen LogP) is 3.61. The summed E-state index contributed by atoms with van der Waals surface area (Å²) in [4.78, 5) is 0. The summed E-state index contributed by atoms with van der Waals surface area (Å²) in [5.41, 5.74) is 0.736. The first kappa shape index (κ1) is 8.10. The zero-order valence-corrected chi connectivity index (χ0v) is 7.61. The minimum atomic E-state index is 0.736. The highest BCUT2D eigenvalue weighted by Crippen LogP contribution is 2.47. The van der Waals surface area contributed by atoms with Gasteiger partial charge in [-0.3, -0.25) is 0 Å². The molecule has 1 saturated carbocycles. The lowest BCUT2D eigenvalue weighted by Gasteiger charge is -2.31. The molecule has 10 heavy (non-hydrogen) atoms. The quantitative estimate of drug-likeness (QED) is 0.549. The third kappa shape index (κ3) is 1.09. The number of rotatable bonds is 2. The van der Waals surface area contributed by atoms with Crippen LogP contribution in [-0.2, 0) is 0 Å². The van der Waals surface area contributed by atoms with Crippen LogP contribution in [0.15, 0.2) is 0 Å². The van der Waals surface area contributed by atoms with Crippen LogP contribution in [0.3, 0.4) is 0 Å². The van der Waals surface area contributed by atoms with Crippen LogP contribution in [0.1, 0.15) is 52.9 Å². The van der Waals surface area contributed by atoms with Crippen molar-refractivity contribution in [1.82, 2.24) is 0 Å². The molecule has 0 amide bonds. The monoisotopic (exact) mass is 140 g/mol. The first-order valence-electron chi connectivity index (χ1n) is 4.75. The Hall–Kier alpha value is 0. The van der Waals surface area contributed by atoms with E-state index in [4.69, 9.17) is 0 Å². The molecule has 0 aliphatic heterocycles. The molecule has 1 atom stereocenters. The first-order chi connectivity index (χ1) is 4.75. The average Bonchev–Trinajstić information content (AvgIpc) is 2.32. The van der Waals surface area contributed by atoms with Crippen LogP contribution in [0.5, 0.6) is 0 Å². The second-order valence-corrected chi connectivity index (χ2v) is 3.86. The molecule has 1 rings (SSSR count). The Bertz CT molecular complexity index is 101. The van der Waals surface area contributed by atoms with Crippen LogP contribution in [0.2, 0.25) is 0 Å². The highest BCUT2D eigenvalue weighted by Gasteiger charge is 2.36. The Morgan fingerprint density at radius 3 is 2.10 bits per heavy atom. The van der Waals surface area contributed by atoms with E-state index in [2.05, 4.69) is 20.8 Å². The highest BCUT2D eigenvalue weighted by molar-refractivity contribution is 4.87. The zero-order chi connectivity index (χ0) is 7.61. The van der Waals surface area contributed by atoms with Crippen molar-refractivity contribution in [3.8, 4) is 0 Å². The Morgan fingerprint density at radius 2 is 1.90 bits per heavy atom. The fourth-order valence-electron chi connectivity index (χ4n) is 2.61. The van der Waals surface area contributed by atoms with Gasteiger partial charge < -0.3 is 0 Å². The molecule has 0 bridgehead atoms. The molecular weight excluding hydrogens is 120 g/mol. The predicted molar refractivity (Wildman–Crippen MR) is 46.0 cm³/mol. The molecule has 0 aromatic carbocycles. The molecule has 0 aromatic heterocycles. The van der Waals surface area contributed by atoms with Crippen LogP contribution in [0.4, 0.5) is 0 Å². The van der Waals surface area contributed by atoms with Crippen molar-refractivity contribution in [3.63, 3.8) is 0 Å². The summed E-state index contributed by atoms with van der Waals surface area (Å²) in [5.74, 6) is 0.988. The van der Waals surface area contributed by atoms with Crippen LogP contribution < -0.4 is 0 Å². The number of hydrogen-bond acceptors (Lipinski definition) is 0. The molecule has 1 aliphatic rings. The minimum Gasteiger partial charge on any atom is -0.0648 e. The fourth-order valence-corrected chi connectivity index (χ4v) is 2.61. The third-order valence-corrected chi connectivity index (χ3v) is 3.77. The second-order valence-electron chi connectivity index (χ2n) is 3.86. The van der Waals surface area contributed by atoms with Crippen molar-refractivity contribution in [2.75, 3.05) is 0 Å². The summed E-state index contributed by atoms with van der Waals surface area (Å²) in [5, 5.41) is 0. The third-order valence-electron chi connectivity index (χ3n) is 3.77. The minimum absolute atomic E-state index is 0.736. The van der Waals surface area contributed by atoms with Crippen molar-refractivity contribution in [3.05, 3.63) is 0 Å². The summed E-state index contributed by atoms with van der Waals surface area (Å²) in [6.07, 6.45) is 7.22. The molecule has 0 heteroatoms. The van der Waals surface area contributed by atoms with Gasteiger partial charge in [-0.05, 0) is 17.8 Å². The van der Waals surface area contributed by atoms with Gasteiger partial charge in [0.15, 0.2) is 0 Å². The standard InChI is InChI=1S/C10H20/c1-4-10(5-2)8-6-7-9(10)3/h9H,4-8H2,1-3H3/t9-/m0/s1. The molecule has 1 fully saturated rings. The molecule has 0 saturated heterocycles. The van der Waals surface area contributed by atoms with E-state index in [-0.39, 0.29) is 0 Å². The van der Waals surface area contributed by atoms with Gasteiger partial charge in [0.1, 0.15) is 0 Å². The lowest BCUT2D eigenvalue weighted by atomic mass is 9.74. The summed E-state index contributed by atoms with van der Waals surface area (Å²) in [7, 11) is 0. The van der Waals surface area contributed by atoms with E-state index in [1.165, 1.54) is 32.1 Å². The summed E-state index contributed by atoms with van der Waals surface area (Å²) >= 11 is 0. The van der Waals surface area contributed by atoms with E-state index in [0.717, 1.165) is 11.3 Å². The Morgan fingerprint density at radius 1 is 1.30 bits per heavy atom. The van der Waals surface area contributed by atoms with Crippen molar-refractivity contribution in [2.45, 2.75) is 52.9 Å². The van der Waals surface area contributed by atoms with Crippen molar-refractivity contribution in [2.24, 2.45) is 11.3 Å². The molecule has 60 valence electrons. The van der Waals surface area contributed by atoms with Gasteiger partial charge in [0.2, 0.25) is 0 Å². The van der Waals surface area contributed by atoms with Gasteiger partial charge in [0.05, 0.1) is 0 Å². The molecule has 0 nitrogen and oxygen atoms in total. The van der Waals surface area contributed by atoms with Crippen molar-refractivity contribution in [1.29, 1.82) is 0 Å². The van der Waals surface area contributed by atoms with Gasteiger partial charge in [0, 0.05) is 0 Å². The van der Waals surface area contributed by atoms with Crippen LogP contribution >= 0.6 is 0 Å². The van der Waals surface area contributed by atoms with Crippen molar-refractivity contribution >= 4 is 0 Å². The van der Waals surface area contributed by atoms with Gasteiger partial charge in [-0.2, -0.15) is 0 Å². The topological polar surface area (TPSA) is 0 Å². The Kier molecular flexibility index (Phi) is 2.38. The summed E-state index contributed by atoms with van der Waals surface area (Å²) in [6.45, 7) is 7.14. The van der Waals surface area contributed by atoms with Crippen LogP contribution in [-0.4, -0.2) is 0 Å². The first-order valence-corrected chi connectivity index (χ1v) is 4.75. The molecular formula is C10H20. The summed E-state index contributed by atoms with van der Waals surface area (Å²) < 4.78 is 0. The highest BCUT2D eigenvalue weighted by atomic mass is 14.4. The Balaban J connectivity index is 2.61. The lowest BCUT2D eigenvalue weighted by molar-refractivity contribution is 0.196. The smallest absolute Gasteiger partial charge is 0.0277 e. The van der Waals surface area contributed by atoms with E-state index in [9.17, 15) is 0 Å². The molecule has 0 aromatic rings. The molecule has 0 N–H and O–H groups in total. The van der Waals surface area contributed by atoms with E-state index in [1.807, 2.05) is 0 Å². The SMILES string of the molecule is CCC1(CC)CCC[C@@H]1C.